The monoisotopic (exact) mass is 520 g/mol. The minimum absolute atomic E-state index is 0.0398. The summed E-state index contributed by atoms with van der Waals surface area (Å²) in [7, 11) is -3.60. The maximum atomic E-state index is 12.4. The van der Waals surface area contributed by atoms with E-state index in [1.807, 2.05) is 0 Å². The molecule has 3 aromatic rings. The summed E-state index contributed by atoms with van der Waals surface area (Å²) >= 11 is 0. The number of anilines is 2. The van der Waals surface area contributed by atoms with Crippen LogP contribution in [0.3, 0.4) is 0 Å². The Kier molecular flexibility index (Phi) is 10.4. The van der Waals surface area contributed by atoms with E-state index in [1.165, 1.54) is 12.1 Å². The number of nitrogens with one attached hydrogen (secondary N) is 2. The lowest BCUT2D eigenvalue weighted by Gasteiger charge is -2.13. The molecule has 36 heavy (non-hydrogen) atoms. The van der Waals surface area contributed by atoms with Crippen LogP contribution in [-0.4, -0.2) is 44.7 Å². The van der Waals surface area contributed by atoms with Gasteiger partial charge >= 0.3 is 5.97 Å². The van der Waals surface area contributed by atoms with Gasteiger partial charge < -0.3 is 31.0 Å². The molecule has 0 aliphatic heterocycles. The number of ether oxygens (including phenoxy) is 1. The third-order valence-electron chi connectivity index (χ3n) is 4.64. The topological polar surface area (TPSA) is 204 Å². The number of sulfonamides is 1. The summed E-state index contributed by atoms with van der Waals surface area (Å²) in [5.41, 5.74) is 10.1. The van der Waals surface area contributed by atoms with E-state index in [9.17, 15) is 22.8 Å². The molecule has 7 N–H and O–H groups in total. The SMILES string of the molecule is CS(=O)(=O)Nc1cc2occ(NC=O)c(=O)c2cc1Oc1ccccc1.NCCCCC(N)C(=O)O. The van der Waals surface area contributed by atoms with Crippen LogP contribution in [0.25, 0.3) is 11.0 Å². The number of hydrogen-bond donors (Lipinski definition) is 5. The van der Waals surface area contributed by atoms with E-state index in [0.717, 1.165) is 25.4 Å². The molecule has 0 aliphatic carbocycles. The first-order valence-corrected chi connectivity index (χ1v) is 12.6. The Hall–Kier alpha value is -3.94. The number of carbonyl (C=O) groups is 2. The van der Waals surface area contributed by atoms with Gasteiger partial charge in [-0.2, -0.15) is 0 Å². The Morgan fingerprint density at radius 2 is 1.89 bits per heavy atom. The van der Waals surface area contributed by atoms with Crippen LogP contribution in [0.5, 0.6) is 11.5 Å². The van der Waals surface area contributed by atoms with Gasteiger partial charge in [0.25, 0.3) is 0 Å². The maximum absolute atomic E-state index is 12.4. The average Bonchev–Trinajstić information content (AvgIpc) is 2.82. The largest absolute Gasteiger partial charge is 0.480 e. The van der Waals surface area contributed by atoms with Gasteiger partial charge in [0, 0.05) is 6.07 Å². The number of para-hydroxylation sites is 1. The number of amides is 1. The first kappa shape index (κ1) is 28.3. The van der Waals surface area contributed by atoms with Crippen molar-refractivity contribution in [2.45, 2.75) is 25.3 Å². The standard InChI is InChI=1S/C17H14N2O6S.C6H14N2O2/c1-26(22,23)19-13-8-15-12(17(21)14(9-24-15)18-10-20)7-16(13)25-11-5-3-2-4-6-11;7-4-2-1-3-5(8)6(9)10/h2-10,19H,1H3,(H,18,20);5H,1-4,7-8H2,(H,9,10). The van der Waals surface area contributed by atoms with Crippen molar-refractivity contribution in [1.82, 2.24) is 0 Å². The number of rotatable bonds is 11. The van der Waals surface area contributed by atoms with Crippen molar-refractivity contribution in [2.24, 2.45) is 11.5 Å². The molecular weight excluding hydrogens is 492 g/mol. The van der Waals surface area contributed by atoms with Crippen molar-refractivity contribution in [3.8, 4) is 11.5 Å². The highest BCUT2D eigenvalue weighted by atomic mass is 32.2. The lowest BCUT2D eigenvalue weighted by molar-refractivity contribution is -0.138. The molecule has 3 rings (SSSR count). The number of carboxylic acid groups (broad SMARTS) is 1. The first-order chi connectivity index (χ1) is 17.1. The van der Waals surface area contributed by atoms with Gasteiger partial charge in [0.05, 0.1) is 17.3 Å². The van der Waals surface area contributed by atoms with Crippen molar-refractivity contribution in [3.63, 3.8) is 0 Å². The van der Waals surface area contributed by atoms with E-state index in [4.69, 9.17) is 25.7 Å². The van der Waals surface area contributed by atoms with Crippen LogP contribution >= 0.6 is 0 Å². The second kappa shape index (κ2) is 13.2. The van der Waals surface area contributed by atoms with Crippen LogP contribution in [0.1, 0.15) is 19.3 Å². The Balaban J connectivity index is 0.000000388. The van der Waals surface area contributed by atoms with Crippen molar-refractivity contribution >= 4 is 44.7 Å². The lowest BCUT2D eigenvalue weighted by Crippen LogP contribution is -2.29. The third kappa shape index (κ3) is 8.69. The Bertz CT molecular complexity index is 1340. The number of fused-ring (bicyclic) bond motifs is 1. The lowest BCUT2D eigenvalue weighted by atomic mass is 10.1. The van der Waals surface area contributed by atoms with Crippen molar-refractivity contribution in [2.75, 3.05) is 22.8 Å². The molecule has 0 fully saturated rings. The molecule has 0 spiro atoms. The zero-order chi connectivity index (χ0) is 26.7. The predicted molar refractivity (Wildman–Crippen MR) is 136 cm³/mol. The van der Waals surface area contributed by atoms with Gasteiger partial charge in [0.2, 0.25) is 21.9 Å². The van der Waals surface area contributed by atoms with Gasteiger partial charge in [0.15, 0.2) is 5.75 Å². The second-order valence-corrected chi connectivity index (χ2v) is 9.35. The summed E-state index contributed by atoms with van der Waals surface area (Å²) in [4.78, 5) is 33.2. The average molecular weight is 521 g/mol. The molecule has 12 nitrogen and oxygen atoms in total. The molecule has 1 amide bonds. The molecule has 0 radical (unpaired) electrons. The van der Waals surface area contributed by atoms with Gasteiger partial charge in [-0.25, -0.2) is 8.42 Å². The molecule has 194 valence electrons. The van der Waals surface area contributed by atoms with Crippen LogP contribution in [-0.2, 0) is 19.6 Å². The zero-order valence-corrected chi connectivity index (χ0v) is 20.3. The molecule has 1 heterocycles. The molecule has 1 unspecified atom stereocenters. The van der Waals surface area contributed by atoms with Crippen LogP contribution < -0.4 is 31.7 Å². The van der Waals surface area contributed by atoms with Crippen molar-refractivity contribution < 1.29 is 32.3 Å². The Morgan fingerprint density at radius 1 is 1.19 bits per heavy atom. The van der Waals surface area contributed by atoms with E-state index < -0.39 is 27.5 Å². The smallest absolute Gasteiger partial charge is 0.320 e. The number of benzene rings is 2. The summed E-state index contributed by atoms with van der Waals surface area (Å²) in [6.45, 7) is 0.604. The minimum atomic E-state index is -3.60. The number of carboxylic acids is 1. The van der Waals surface area contributed by atoms with E-state index in [2.05, 4.69) is 10.0 Å². The fraction of sp³-hybridized carbons (Fsp3) is 0.261. The first-order valence-electron chi connectivity index (χ1n) is 10.7. The molecule has 0 saturated heterocycles. The zero-order valence-electron chi connectivity index (χ0n) is 19.5. The molecular formula is C23H28N4O8S. The summed E-state index contributed by atoms with van der Waals surface area (Å²) < 4.78 is 36.7. The van der Waals surface area contributed by atoms with Gasteiger partial charge in [-0.3, -0.25) is 19.1 Å². The van der Waals surface area contributed by atoms with Crippen LogP contribution in [0.2, 0.25) is 0 Å². The number of unbranched alkanes of at least 4 members (excludes halogenated alkanes) is 1. The molecule has 1 atom stereocenters. The summed E-state index contributed by atoms with van der Waals surface area (Å²) in [5, 5.41) is 10.7. The van der Waals surface area contributed by atoms with Crippen LogP contribution in [0.4, 0.5) is 11.4 Å². The summed E-state index contributed by atoms with van der Waals surface area (Å²) in [5.74, 6) is -0.364. The molecule has 13 heteroatoms. The normalized spacial score (nSPS) is 11.6. The second-order valence-electron chi connectivity index (χ2n) is 7.60. The van der Waals surface area contributed by atoms with Gasteiger partial charge in [0.1, 0.15) is 29.3 Å². The highest BCUT2D eigenvalue weighted by molar-refractivity contribution is 7.92. The number of hydrogen-bond acceptors (Lipinski definition) is 9. The molecule has 2 aromatic carbocycles. The maximum Gasteiger partial charge on any atom is 0.320 e. The number of nitrogens with two attached hydrogens (primary N) is 2. The van der Waals surface area contributed by atoms with E-state index in [1.54, 1.807) is 30.3 Å². The Morgan fingerprint density at radius 3 is 2.47 bits per heavy atom. The molecule has 0 bridgehead atoms. The molecule has 0 saturated carbocycles. The van der Waals surface area contributed by atoms with Crippen LogP contribution in [0.15, 0.2) is 57.9 Å². The summed E-state index contributed by atoms with van der Waals surface area (Å²) in [6.07, 6.45) is 4.61. The highest BCUT2D eigenvalue weighted by Crippen LogP contribution is 2.34. The van der Waals surface area contributed by atoms with Crippen molar-refractivity contribution in [1.29, 1.82) is 0 Å². The molecule has 0 aliphatic rings. The minimum Gasteiger partial charge on any atom is -0.480 e. The van der Waals surface area contributed by atoms with Gasteiger partial charge in [-0.1, -0.05) is 24.6 Å². The van der Waals surface area contributed by atoms with Crippen molar-refractivity contribution in [3.05, 3.63) is 59.0 Å². The quantitative estimate of drug-likeness (QED) is 0.184. The Labute approximate surface area is 207 Å². The van der Waals surface area contributed by atoms with E-state index >= 15 is 0 Å². The fourth-order valence-electron chi connectivity index (χ4n) is 2.93. The van der Waals surface area contributed by atoms with E-state index in [-0.39, 0.29) is 28.1 Å². The van der Waals surface area contributed by atoms with Gasteiger partial charge in [-0.05, 0) is 37.6 Å². The highest BCUT2D eigenvalue weighted by Gasteiger charge is 2.16. The van der Waals surface area contributed by atoms with E-state index in [0.29, 0.717) is 25.1 Å². The predicted octanol–water partition coefficient (Wildman–Crippen LogP) is 2.05. The van der Waals surface area contributed by atoms with Gasteiger partial charge in [-0.15, -0.1) is 0 Å². The van der Waals surface area contributed by atoms with Crippen LogP contribution in [0, 0.1) is 0 Å². The third-order valence-corrected chi connectivity index (χ3v) is 5.23. The number of aliphatic carboxylic acids is 1. The number of carbonyl (C=O) groups excluding carboxylic acids is 1. The summed E-state index contributed by atoms with van der Waals surface area (Å²) in [6, 6.07) is 10.7. The molecule has 1 aromatic heterocycles. The fourth-order valence-corrected chi connectivity index (χ4v) is 3.49.